The van der Waals surface area contributed by atoms with Gasteiger partial charge in [0.25, 0.3) is 0 Å². The lowest BCUT2D eigenvalue weighted by molar-refractivity contribution is 0.952. The van der Waals surface area contributed by atoms with Gasteiger partial charge in [-0.05, 0) is 12.8 Å². The molecule has 0 rings (SSSR count). The number of alkyl halides is 4. The van der Waals surface area contributed by atoms with Crippen LogP contribution >= 0.6 is 46.4 Å². The number of rotatable bonds is 5. The minimum absolute atomic E-state index is 0.651. The van der Waals surface area contributed by atoms with E-state index in [1.165, 1.54) is 0 Å². The summed E-state index contributed by atoms with van der Waals surface area (Å²) in [7, 11) is 0.875. The summed E-state index contributed by atoms with van der Waals surface area (Å²) in [5.74, 6) is 0.737. The van der Waals surface area contributed by atoms with E-state index in [9.17, 15) is 0 Å². The first-order chi connectivity index (χ1) is 5.06. The van der Waals surface area contributed by atoms with Crippen molar-refractivity contribution in [2.24, 2.45) is 0 Å². The van der Waals surface area contributed by atoms with E-state index in [1.807, 2.05) is 0 Å². The van der Waals surface area contributed by atoms with Crippen LogP contribution in [0.2, 0.25) is 12.1 Å². The number of hydrogen-bond acceptors (Lipinski definition) is 0. The van der Waals surface area contributed by atoms with Crippen LogP contribution in [-0.4, -0.2) is 19.2 Å². The van der Waals surface area contributed by atoms with E-state index >= 15 is 0 Å². The van der Waals surface area contributed by atoms with E-state index in [1.54, 1.807) is 0 Å². The fourth-order valence-electron chi connectivity index (χ4n) is 0.547. The predicted molar refractivity (Wildman–Crippen MR) is 55.6 cm³/mol. The Kier molecular flexibility index (Phi) is 7.70. The van der Waals surface area contributed by atoms with Gasteiger partial charge < -0.3 is 0 Å². The van der Waals surface area contributed by atoms with E-state index in [0.717, 1.165) is 33.9 Å². The predicted octanol–water partition coefficient (Wildman–Crippen LogP) is 3.92. The maximum Gasteiger partial charge on any atom is 0.190 e. The minimum atomic E-state index is -1.06. The average Bonchev–Trinajstić information content (AvgIpc) is 1.85. The van der Waals surface area contributed by atoms with Crippen molar-refractivity contribution >= 4 is 55.9 Å². The van der Waals surface area contributed by atoms with Crippen LogP contribution in [0.5, 0.6) is 0 Å². The van der Waals surface area contributed by atoms with Gasteiger partial charge in [0.2, 0.25) is 0 Å². The summed E-state index contributed by atoms with van der Waals surface area (Å²) in [6, 6.07) is 2.15. The summed E-state index contributed by atoms with van der Waals surface area (Å²) in [4.78, 5) is 0. The first-order valence-corrected chi connectivity index (χ1v) is 6.48. The summed E-state index contributed by atoms with van der Waals surface area (Å²) in [5.41, 5.74) is 0. The van der Waals surface area contributed by atoms with Gasteiger partial charge in [-0.2, -0.15) is 0 Å². The van der Waals surface area contributed by atoms with Crippen molar-refractivity contribution in [3.05, 3.63) is 0 Å². The Morgan fingerprint density at radius 2 is 1.73 bits per heavy atom. The fourth-order valence-corrected chi connectivity index (χ4v) is 2.89. The standard InChI is InChI=1S/C6H10Cl4Si/c7-3-1-4-11-5-2-6(8,9)10/h1-5H2. The Bertz CT molecular complexity index is 91.1. The molecule has 0 fully saturated rings. The lowest BCUT2D eigenvalue weighted by Gasteiger charge is -2.08. The molecule has 0 saturated heterocycles. The molecule has 0 saturated carbocycles. The number of hydrogen-bond donors (Lipinski definition) is 0. The van der Waals surface area contributed by atoms with Gasteiger partial charge in [-0.1, -0.05) is 46.9 Å². The normalized spacial score (nSPS) is 12.0. The van der Waals surface area contributed by atoms with Crippen LogP contribution in [0.1, 0.15) is 12.8 Å². The van der Waals surface area contributed by atoms with Crippen molar-refractivity contribution in [1.29, 1.82) is 0 Å². The highest BCUT2D eigenvalue weighted by Crippen LogP contribution is 2.31. The van der Waals surface area contributed by atoms with Gasteiger partial charge in [-0.15, -0.1) is 11.6 Å². The molecule has 2 radical (unpaired) electrons. The Morgan fingerprint density at radius 3 is 2.18 bits per heavy atom. The van der Waals surface area contributed by atoms with Crippen LogP contribution in [0, 0.1) is 0 Å². The van der Waals surface area contributed by atoms with Gasteiger partial charge in [0.15, 0.2) is 3.79 Å². The van der Waals surface area contributed by atoms with Crippen molar-refractivity contribution in [1.82, 2.24) is 0 Å². The van der Waals surface area contributed by atoms with Crippen LogP contribution in [0.15, 0.2) is 0 Å². The molecule has 0 N–H and O–H groups in total. The SMILES string of the molecule is ClCCC[Si]CCC(Cl)(Cl)Cl. The Hall–Kier alpha value is 1.38. The summed E-state index contributed by atoms with van der Waals surface area (Å²) in [6.45, 7) is 0. The second kappa shape index (κ2) is 6.85. The molecule has 0 aliphatic heterocycles. The van der Waals surface area contributed by atoms with E-state index in [4.69, 9.17) is 46.4 Å². The number of halogens is 4. The van der Waals surface area contributed by atoms with E-state index < -0.39 is 3.79 Å². The molecule has 0 unspecified atom stereocenters. The third kappa shape index (κ3) is 11.4. The summed E-state index contributed by atoms with van der Waals surface area (Å²) in [6.07, 6.45) is 1.72. The highest BCUT2D eigenvalue weighted by atomic mass is 35.6. The molecule has 5 heteroatoms. The quantitative estimate of drug-likeness (QED) is 0.395. The molecule has 0 aliphatic carbocycles. The van der Waals surface area contributed by atoms with Crippen LogP contribution in [0.3, 0.4) is 0 Å². The monoisotopic (exact) mass is 250 g/mol. The Labute approximate surface area is 90.4 Å². The third-order valence-corrected chi connectivity index (χ3v) is 3.22. The van der Waals surface area contributed by atoms with Gasteiger partial charge in [0.1, 0.15) is 0 Å². The van der Waals surface area contributed by atoms with Crippen LogP contribution < -0.4 is 0 Å². The molecule has 0 aromatic heterocycles. The summed E-state index contributed by atoms with van der Waals surface area (Å²) < 4.78 is -1.06. The topological polar surface area (TPSA) is 0 Å². The van der Waals surface area contributed by atoms with E-state index in [-0.39, 0.29) is 0 Å². The van der Waals surface area contributed by atoms with E-state index in [0.29, 0.717) is 6.42 Å². The van der Waals surface area contributed by atoms with Crippen LogP contribution in [-0.2, 0) is 0 Å². The van der Waals surface area contributed by atoms with E-state index in [2.05, 4.69) is 0 Å². The summed E-state index contributed by atoms with van der Waals surface area (Å²) >= 11 is 22.2. The first-order valence-electron chi connectivity index (χ1n) is 3.39. The molecule has 0 nitrogen and oxygen atoms in total. The second-order valence-electron chi connectivity index (χ2n) is 2.16. The second-order valence-corrected chi connectivity index (χ2v) is 6.55. The molecular weight excluding hydrogens is 242 g/mol. The molecule has 0 atom stereocenters. The molecule has 0 aromatic rings. The molecule has 0 aromatic carbocycles. The maximum absolute atomic E-state index is 5.56. The van der Waals surface area contributed by atoms with Gasteiger partial charge in [-0.3, -0.25) is 0 Å². The van der Waals surface area contributed by atoms with Crippen molar-refractivity contribution < 1.29 is 0 Å². The molecule has 0 amide bonds. The van der Waals surface area contributed by atoms with Gasteiger partial charge in [-0.25, -0.2) is 0 Å². The molecule has 0 spiro atoms. The van der Waals surface area contributed by atoms with Crippen LogP contribution in [0.4, 0.5) is 0 Å². The lowest BCUT2D eigenvalue weighted by atomic mass is 10.5. The molecular formula is C6H10Cl4Si. The molecule has 0 heterocycles. The maximum atomic E-state index is 5.56. The average molecular weight is 252 g/mol. The van der Waals surface area contributed by atoms with Crippen molar-refractivity contribution in [2.75, 3.05) is 5.88 Å². The van der Waals surface area contributed by atoms with Crippen molar-refractivity contribution in [3.8, 4) is 0 Å². The zero-order chi connectivity index (χ0) is 8.74. The highest BCUT2D eigenvalue weighted by Gasteiger charge is 2.17. The Balaban J connectivity index is 3.02. The third-order valence-electron chi connectivity index (χ3n) is 1.07. The lowest BCUT2D eigenvalue weighted by Crippen LogP contribution is -2.03. The molecule has 66 valence electrons. The van der Waals surface area contributed by atoms with Gasteiger partial charge in [0, 0.05) is 15.4 Å². The van der Waals surface area contributed by atoms with Crippen molar-refractivity contribution in [3.63, 3.8) is 0 Å². The smallest absolute Gasteiger partial charge is 0.127 e. The van der Waals surface area contributed by atoms with Gasteiger partial charge >= 0.3 is 0 Å². The molecule has 0 bridgehead atoms. The molecule has 11 heavy (non-hydrogen) atoms. The fraction of sp³-hybridized carbons (Fsp3) is 1.00. The minimum Gasteiger partial charge on any atom is -0.127 e. The first kappa shape index (κ1) is 12.4. The van der Waals surface area contributed by atoms with Crippen molar-refractivity contribution in [2.45, 2.75) is 28.7 Å². The highest BCUT2D eigenvalue weighted by molar-refractivity contribution is 6.67. The molecule has 0 aliphatic rings. The summed E-state index contributed by atoms with van der Waals surface area (Å²) in [5, 5.41) is 0. The largest absolute Gasteiger partial charge is 0.190 e. The van der Waals surface area contributed by atoms with Crippen LogP contribution in [0.25, 0.3) is 0 Å². The Morgan fingerprint density at radius 1 is 1.09 bits per heavy atom. The van der Waals surface area contributed by atoms with Gasteiger partial charge in [0.05, 0.1) is 0 Å². The zero-order valence-electron chi connectivity index (χ0n) is 6.05. The zero-order valence-corrected chi connectivity index (χ0v) is 10.1.